The summed E-state index contributed by atoms with van der Waals surface area (Å²) in [6, 6.07) is 21.6. The van der Waals surface area contributed by atoms with Crippen LogP contribution >= 0.6 is 11.6 Å². The van der Waals surface area contributed by atoms with Gasteiger partial charge in [-0.25, -0.2) is 0 Å². The van der Waals surface area contributed by atoms with Gasteiger partial charge in [-0.05, 0) is 55.0 Å². The number of amides is 1. The minimum Gasteiger partial charge on any atom is -0.489 e. The summed E-state index contributed by atoms with van der Waals surface area (Å²) < 4.78 is 6.06. The van der Waals surface area contributed by atoms with Gasteiger partial charge in [0.25, 0.3) is 0 Å². The third-order valence-corrected chi connectivity index (χ3v) is 4.89. The van der Waals surface area contributed by atoms with E-state index in [1.807, 2.05) is 62.4 Å². The number of aryl methyl sites for hydroxylation is 1. The highest BCUT2D eigenvalue weighted by atomic mass is 35.5. The summed E-state index contributed by atoms with van der Waals surface area (Å²) in [6.07, 6.45) is 0. The number of nitrogens with one attached hydrogen (secondary N) is 2. The van der Waals surface area contributed by atoms with Crippen molar-refractivity contribution in [3.05, 3.63) is 88.4 Å². The van der Waals surface area contributed by atoms with E-state index in [-0.39, 0.29) is 11.8 Å². The number of hydrogen-bond donors (Lipinski definition) is 2. The first-order valence-corrected chi connectivity index (χ1v) is 10.4. The molecule has 3 aromatic rings. The monoisotopic (exact) mass is 422 g/mol. The lowest BCUT2D eigenvalue weighted by molar-refractivity contribution is -0.118. The zero-order valence-electron chi connectivity index (χ0n) is 17.5. The summed E-state index contributed by atoms with van der Waals surface area (Å²) in [5, 5.41) is 6.95. The van der Waals surface area contributed by atoms with Crippen molar-refractivity contribution in [3.63, 3.8) is 0 Å². The molecule has 156 valence electrons. The Hall–Kier alpha value is -2.98. The molecule has 5 heteroatoms. The quantitative estimate of drug-likeness (QED) is 0.439. The molecule has 0 unspecified atom stereocenters. The molecule has 0 atom stereocenters. The van der Waals surface area contributed by atoms with Gasteiger partial charge < -0.3 is 15.4 Å². The summed E-state index contributed by atoms with van der Waals surface area (Å²) in [6.45, 7) is 6.88. The van der Waals surface area contributed by atoms with Gasteiger partial charge in [-0.1, -0.05) is 55.3 Å². The first kappa shape index (κ1) is 21.7. The standard InChI is InChI=1S/C25H27ClN2O2/c1-17(2)25(29)28-23-10-8-22(9-11-23)27-15-20-14-21(26)7-12-24(20)30-16-19-6-4-5-18(3)13-19/h4-14,17,27H,15-16H2,1-3H3,(H,28,29). The molecule has 30 heavy (non-hydrogen) atoms. The molecular formula is C25H27ClN2O2. The molecule has 0 aliphatic heterocycles. The van der Waals surface area contributed by atoms with E-state index in [1.165, 1.54) is 5.56 Å². The number of halogens is 1. The molecule has 0 aliphatic carbocycles. The van der Waals surface area contributed by atoms with Crippen molar-refractivity contribution in [1.29, 1.82) is 0 Å². The van der Waals surface area contributed by atoms with Gasteiger partial charge in [0.15, 0.2) is 0 Å². The molecular weight excluding hydrogens is 396 g/mol. The van der Waals surface area contributed by atoms with E-state index in [1.54, 1.807) is 0 Å². The predicted molar refractivity (Wildman–Crippen MR) is 124 cm³/mol. The third kappa shape index (κ3) is 6.26. The predicted octanol–water partition coefficient (Wildman–Crippen LogP) is 6.43. The van der Waals surface area contributed by atoms with Crippen LogP contribution in [0.2, 0.25) is 5.02 Å². The highest BCUT2D eigenvalue weighted by Crippen LogP contribution is 2.25. The Balaban J connectivity index is 1.63. The maximum Gasteiger partial charge on any atom is 0.226 e. The van der Waals surface area contributed by atoms with Crippen molar-refractivity contribution in [2.45, 2.75) is 33.9 Å². The van der Waals surface area contributed by atoms with Crippen LogP contribution in [0, 0.1) is 12.8 Å². The number of anilines is 2. The highest BCUT2D eigenvalue weighted by Gasteiger charge is 2.08. The topological polar surface area (TPSA) is 50.4 Å². The van der Waals surface area contributed by atoms with Gasteiger partial charge in [0, 0.05) is 34.4 Å². The van der Waals surface area contributed by atoms with Crippen LogP contribution in [-0.4, -0.2) is 5.91 Å². The molecule has 0 radical (unpaired) electrons. The molecule has 0 aromatic heterocycles. The van der Waals surface area contributed by atoms with Gasteiger partial charge in [0.05, 0.1) is 0 Å². The molecule has 3 rings (SSSR count). The van der Waals surface area contributed by atoms with Crippen LogP contribution in [0.4, 0.5) is 11.4 Å². The normalized spacial score (nSPS) is 10.7. The van der Waals surface area contributed by atoms with Crippen molar-refractivity contribution in [1.82, 2.24) is 0 Å². The molecule has 0 spiro atoms. The average molecular weight is 423 g/mol. The number of carbonyl (C=O) groups excluding carboxylic acids is 1. The van der Waals surface area contributed by atoms with E-state index in [9.17, 15) is 4.79 Å². The van der Waals surface area contributed by atoms with Crippen molar-refractivity contribution in [3.8, 4) is 5.75 Å². The largest absolute Gasteiger partial charge is 0.489 e. The third-order valence-electron chi connectivity index (χ3n) is 4.66. The lowest BCUT2D eigenvalue weighted by Gasteiger charge is -2.14. The van der Waals surface area contributed by atoms with Gasteiger partial charge in [-0.2, -0.15) is 0 Å². The van der Waals surface area contributed by atoms with Crippen molar-refractivity contribution < 1.29 is 9.53 Å². The van der Waals surface area contributed by atoms with Crippen molar-refractivity contribution in [2.75, 3.05) is 10.6 Å². The summed E-state index contributed by atoms with van der Waals surface area (Å²) in [5.41, 5.74) is 5.05. The molecule has 0 saturated heterocycles. The van der Waals surface area contributed by atoms with Gasteiger partial charge in [0.2, 0.25) is 5.91 Å². The van der Waals surface area contributed by atoms with Crippen LogP contribution in [0.15, 0.2) is 66.7 Å². The molecule has 1 amide bonds. The summed E-state index contributed by atoms with van der Waals surface area (Å²) in [7, 11) is 0. The Bertz CT molecular complexity index is 1000. The maximum atomic E-state index is 11.8. The van der Waals surface area contributed by atoms with Crippen LogP contribution in [0.3, 0.4) is 0 Å². The Morgan fingerprint density at radius 1 is 1.00 bits per heavy atom. The van der Waals surface area contributed by atoms with E-state index >= 15 is 0 Å². The van der Waals surface area contributed by atoms with Crippen LogP contribution in [0.25, 0.3) is 0 Å². The minimum absolute atomic E-state index is 0.00466. The molecule has 2 N–H and O–H groups in total. The zero-order chi connectivity index (χ0) is 21.5. The smallest absolute Gasteiger partial charge is 0.226 e. The Morgan fingerprint density at radius 2 is 1.73 bits per heavy atom. The van der Waals surface area contributed by atoms with E-state index in [0.29, 0.717) is 18.2 Å². The number of benzene rings is 3. The summed E-state index contributed by atoms with van der Waals surface area (Å²) in [4.78, 5) is 11.8. The Kier molecular flexibility index (Phi) is 7.36. The molecule has 0 saturated carbocycles. The van der Waals surface area contributed by atoms with Crippen molar-refractivity contribution in [2.24, 2.45) is 5.92 Å². The molecule has 3 aromatic carbocycles. The Morgan fingerprint density at radius 3 is 2.43 bits per heavy atom. The van der Waals surface area contributed by atoms with Crippen LogP contribution in [-0.2, 0) is 17.9 Å². The summed E-state index contributed by atoms with van der Waals surface area (Å²) in [5.74, 6) is 0.753. The second-order valence-electron chi connectivity index (χ2n) is 7.60. The SMILES string of the molecule is Cc1cccc(COc2ccc(Cl)cc2CNc2ccc(NC(=O)C(C)C)cc2)c1. The van der Waals surface area contributed by atoms with E-state index in [2.05, 4.69) is 35.8 Å². The summed E-state index contributed by atoms with van der Waals surface area (Å²) >= 11 is 6.21. The molecule has 0 bridgehead atoms. The number of rotatable bonds is 8. The number of hydrogen-bond acceptors (Lipinski definition) is 3. The van der Waals surface area contributed by atoms with Crippen LogP contribution in [0.5, 0.6) is 5.75 Å². The van der Waals surface area contributed by atoms with Gasteiger partial charge in [-0.3, -0.25) is 4.79 Å². The maximum absolute atomic E-state index is 11.8. The first-order valence-electron chi connectivity index (χ1n) is 10.0. The molecule has 0 aliphatic rings. The van der Waals surface area contributed by atoms with E-state index < -0.39 is 0 Å². The lowest BCUT2D eigenvalue weighted by Crippen LogP contribution is -2.17. The fraction of sp³-hybridized carbons (Fsp3) is 0.240. The minimum atomic E-state index is -0.0520. The lowest BCUT2D eigenvalue weighted by atomic mass is 10.1. The van der Waals surface area contributed by atoms with Crippen molar-refractivity contribution >= 4 is 28.9 Å². The van der Waals surface area contributed by atoms with E-state index in [4.69, 9.17) is 16.3 Å². The average Bonchev–Trinajstić information content (AvgIpc) is 2.72. The first-order chi connectivity index (χ1) is 14.4. The fourth-order valence-electron chi connectivity index (χ4n) is 2.95. The van der Waals surface area contributed by atoms with Gasteiger partial charge in [-0.15, -0.1) is 0 Å². The molecule has 0 fully saturated rings. The zero-order valence-corrected chi connectivity index (χ0v) is 18.3. The van der Waals surface area contributed by atoms with Crippen LogP contribution in [0.1, 0.15) is 30.5 Å². The van der Waals surface area contributed by atoms with Gasteiger partial charge >= 0.3 is 0 Å². The second kappa shape index (κ2) is 10.2. The highest BCUT2D eigenvalue weighted by molar-refractivity contribution is 6.30. The molecule has 4 nitrogen and oxygen atoms in total. The number of ether oxygens (including phenoxy) is 1. The van der Waals surface area contributed by atoms with Crippen LogP contribution < -0.4 is 15.4 Å². The Labute approximate surface area is 183 Å². The molecule has 0 heterocycles. The second-order valence-corrected chi connectivity index (χ2v) is 8.04. The van der Waals surface area contributed by atoms with Gasteiger partial charge in [0.1, 0.15) is 12.4 Å². The van der Waals surface area contributed by atoms with E-state index in [0.717, 1.165) is 28.3 Å². The fourth-order valence-corrected chi connectivity index (χ4v) is 3.14. The number of carbonyl (C=O) groups is 1.